The fourth-order valence-corrected chi connectivity index (χ4v) is 1.97. The minimum atomic E-state index is -0.286. The zero-order valence-corrected chi connectivity index (χ0v) is 11.2. The van der Waals surface area contributed by atoms with Gasteiger partial charge in [-0.3, -0.25) is 0 Å². The highest BCUT2D eigenvalue weighted by molar-refractivity contribution is 6.30. The summed E-state index contributed by atoms with van der Waals surface area (Å²) in [5, 5.41) is 4.05. The molecule has 2 nitrogen and oxygen atoms in total. The maximum Gasteiger partial charge on any atom is 0.129 e. The van der Waals surface area contributed by atoms with E-state index in [1.807, 2.05) is 13.0 Å². The lowest BCUT2D eigenvalue weighted by molar-refractivity contribution is 0.613. The third-order valence-corrected chi connectivity index (χ3v) is 2.97. The van der Waals surface area contributed by atoms with Crippen molar-refractivity contribution in [3.8, 4) is 0 Å². The molecule has 0 amide bonds. The molecule has 0 radical (unpaired) electrons. The molecule has 1 aromatic carbocycles. The Morgan fingerprint density at radius 1 is 1.22 bits per heavy atom. The van der Waals surface area contributed by atoms with Crippen molar-refractivity contribution in [1.29, 1.82) is 0 Å². The normalized spacial score (nSPS) is 10.4. The van der Waals surface area contributed by atoms with Crippen molar-refractivity contribution in [1.82, 2.24) is 4.98 Å². The van der Waals surface area contributed by atoms with E-state index >= 15 is 0 Å². The van der Waals surface area contributed by atoms with Gasteiger partial charge in [0, 0.05) is 17.1 Å². The zero-order valence-electron chi connectivity index (χ0n) is 9.67. The molecule has 0 atom stereocenters. The molecule has 0 spiro atoms. The molecular weight excluding hydrogens is 274 g/mol. The molecule has 1 N–H and O–H groups in total. The Balaban J connectivity index is 2.13. The van der Waals surface area contributed by atoms with E-state index in [-0.39, 0.29) is 5.82 Å². The summed E-state index contributed by atoms with van der Waals surface area (Å²) in [6, 6.07) is 7.97. The highest BCUT2D eigenvalue weighted by Gasteiger charge is 2.05. The van der Waals surface area contributed by atoms with Crippen LogP contribution in [-0.2, 0) is 6.54 Å². The molecule has 5 heteroatoms. The Labute approximate surface area is 115 Å². The molecule has 2 aromatic rings. The maximum atomic E-state index is 13.5. The number of pyridine rings is 1. The summed E-state index contributed by atoms with van der Waals surface area (Å²) >= 11 is 11.6. The van der Waals surface area contributed by atoms with Gasteiger partial charge in [-0.1, -0.05) is 23.2 Å². The highest BCUT2D eigenvalue weighted by Crippen LogP contribution is 2.19. The number of halogens is 3. The van der Waals surface area contributed by atoms with Crippen LogP contribution in [0.4, 0.5) is 10.1 Å². The zero-order chi connectivity index (χ0) is 13.1. The molecule has 1 aromatic heterocycles. The molecule has 94 valence electrons. The number of aryl methyl sites for hydroxylation is 1. The van der Waals surface area contributed by atoms with Crippen molar-refractivity contribution in [3.05, 3.63) is 57.6 Å². The van der Waals surface area contributed by atoms with E-state index in [2.05, 4.69) is 10.3 Å². The lowest BCUT2D eigenvalue weighted by atomic mass is 10.2. The lowest BCUT2D eigenvalue weighted by Gasteiger charge is -2.10. The maximum absolute atomic E-state index is 13.5. The van der Waals surface area contributed by atoms with Crippen molar-refractivity contribution in [2.45, 2.75) is 13.5 Å². The Kier molecular flexibility index (Phi) is 4.04. The summed E-state index contributed by atoms with van der Waals surface area (Å²) < 4.78 is 13.5. The first kappa shape index (κ1) is 13.1. The minimum absolute atomic E-state index is 0.286. The van der Waals surface area contributed by atoms with E-state index in [0.29, 0.717) is 22.3 Å². The fourth-order valence-electron chi connectivity index (χ4n) is 1.59. The third-order valence-electron chi connectivity index (χ3n) is 2.53. The SMILES string of the molecule is Cc1nc(Cl)ccc1NCc1cc(Cl)ccc1F. The highest BCUT2D eigenvalue weighted by atomic mass is 35.5. The average molecular weight is 285 g/mol. The largest absolute Gasteiger partial charge is 0.379 e. The van der Waals surface area contributed by atoms with Gasteiger partial charge in [0.15, 0.2) is 0 Å². The van der Waals surface area contributed by atoms with Crippen LogP contribution < -0.4 is 5.32 Å². The van der Waals surface area contributed by atoms with E-state index < -0.39 is 0 Å². The van der Waals surface area contributed by atoms with Crippen LogP contribution in [0.5, 0.6) is 0 Å². The first-order chi connectivity index (χ1) is 8.56. The minimum Gasteiger partial charge on any atom is -0.379 e. The van der Waals surface area contributed by atoms with Crippen molar-refractivity contribution in [2.75, 3.05) is 5.32 Å². The molecular formula is C13H11Cl2FN2. The summed E-state index contributed by atoms with van der Waals surface area (Å²) in [5.41, 5.74) is 2.10. The first-order valence-electron chi connectivity index (χ1n) is 5.37. The quantitative estimate of drug-likeness (QED) is 0.843. The summed E-state index contributed by atoms with van der Waals surface area (Å²) in [5.74, 6) is -0.286. The van der Waals surface area contributed by atoms with Gasteiger partial charge in [-0.2, -0.15) is 0 Å². The lowest BCUT2D eigenvalue weighted by Crippen LogP contribution is -2.04. The fraction of sp³-hybridized carbons (Fsp3) is 0.154. The van der Waals surface area contributed by atoms with Gasteiger partial charge in [0.1, 0.15) is 11.0 Å². The molecule has 0 aliphatic carbocycles. The molecule has 18 heavy (non-hydrogen) atoms. The van der Waals surface area contributed by atoms with Gasteiger partial charge in [0.05, 0.1) is 11.4 Å². The monoisotopic (exact) mass is 284 g/mol. The second-order valence-electron chi connectivity index (χ2n) is 3.86. The third kappa shape index (κ3) is 3.12. The molecule has 0 aliphatic rings. The number of aromatic nitrogens is 1. The van der Waals surface area contributed by atoms with Crippen LogP contribution in [0.1, 0.15) is 11.3 Å². The van der Waals surface area contributed by atoms with Crippen molar-refractivity contribution in [3.63, 3.8) is 0 Å². The van der Waals surface area contributed by atoms with Crippen molar-refractivity contribution < 1.29 is 4.39 Å². The summed E-state index contributed by atoms with van der Waals surface area (Å²) in [4.78, 5) is 4.11. The smallest absolute Gasteiger partial charge is 0.129 e. The Morgan fingerprint density at radius 3 is 2.72 bits per heavy atom. The summed E-state index contributed by atoms with van der Waals surface area (Å²) in [7, 11) is 0. The predicted octanol–water partition coefficient (Wildman–Crippen LogP) is 4.45. The van der Waals surface area contributed by atoms with Crippen LogP contribution in [0.2, 0.25) is 10.2 Å². The van der Waals surface area contributed by atoms with Gasteiger partial charge in [0.25, 0.3) is 0 Å². The molecule has 0 bridgehead atoms. The van der Waals surface area contributed by atoms with E-state index in [4.69, 9.17) is 23.2 Å². The van der Waals surface area contributed by atoms with Gasteiger partial charge in [-0.05, 0) is 37.3 Å². The van der Waals surface area contributed by atoms with Gasteiger partial charge in [0.2, 0.25) is 0 Å². The van der Waals surface area contributed by atoms with E-state index in [9.17, 15) is 4.39 Å². The number of rotatable bonds is 3. The first-order valence-corrected chi connectivity index (χ1v) is 6.13. The molecule has 0 fully saturated rings. The molecule has 2 rings (SSSR count). The molecule has 0 saturated carbocycles. The Hall–Kier alpha value is -1.32. The molecule has 0 saturated heterocycles. The molecule has 1 heterocycles. The van der Waals surface area contributed by atoms with Crippen molar-refractivity contribution >= 4 is 28.9 Å². The van der Waals surface area contributed by atoms with Crippen LogP contribution in [-0.4, -0.2) is 4.98 Å². The summed E-state index contributed by atoms with van der Waals surface area (Å²) in [6.45, 7) is 2.18. The number of nitrogens with zero attached hydrogens (tertiary/aromatic N) is 1. The number of hydrogen-bond donors (Lipinski definition) is 1. The van der Waals surface area contributed by atoms with Crippen LogP contribution in [0.25, 0.3) is 0 Å². The van der Waals surface area contributed by atoms with Gasteiger partial charge < -0.3 is 5.32 Å². The number of nitrogens with one attached hydrogen (secondary N) is 1. The van der Waals surface area contributed by atoms with Crippen LogP contribution >= 0.6 is 23.2 Å². The average Bonchev–Trinajstić information content (AvgIpc) is 2.32. The molecule has 0 unspecified atom stereocenters. The van der Waals surface area contributed by atoms with Crippen LogP contribution in [0.3, 0.4) is 0 Å². The molecule has 0 aliphatic heterocycles. The van der Waals surface area contributed by atoms with Crippen molar-refractivity contribution in [2.24, 2.45) is 0 Å². The number of benzene rings is 1. The second kappa shape index (κ2) is 5.55. The van der Waals surface area contributed by atoms with Gasteiger partial charge in [-0.15, -0.1) is 0 Å². The van der Waals surface area contributed by atoms with Gasteiger partial charge >= 0.3 is 0 Å². The number of anilines is 1. The van der Waals surface area contributed by atoms with Crippen LogP contribution in [0.15, 0.2) is 30.3 Å². The van der Waals surface area contributed by atoms with Crippen LogP contribution in [0, 0.1) is 12.7 Å². The number of hydrogen-bond acceptors (Lipinski definition) is 2. The van der Waals surface area contributed by atoms with Gasteiger partial charge in [-0.25, -0.2) is 9.37 Å². The standard InChI is InChI=1S/C13H11Cl2FN2/c1-8-12(4-5-13(15)18-8)17-7-9-6-10(14)2-3-11(9)16/h2-6,17H,7H2,1H3. The van der Waals surface area contributed by atoms with E-state index in [0.717, 1.165) is 11.4 Å². The summed E-state index contributed by atoms with van der Waals surface area (Å²) in [6.07, 6.45) is 0. The van der Waals surface area contributed by atoms with E-state index in [1.54, 1.807) is 12.1 Å². The second-order valence-corrected chi connectivity index (χ2v) is 4.68. The topological polar surface area (TPSA) is 24.9 Å². The Morgan fingerprint density at radius 2 is 2.00 bits per heavy atom. The van der Waals surface area contributed by atoms with E-state index in [1.165, 1.54) is 12.1 Å². The Bertz CT molecular complexity index is 573. The predicted molar refractivity (Wildman–Crippen MR) is 72.7 cm³/mol.